The topological polar surface area (TPSA) is 88.1 Å². The van der Waals surface area contributed by atoms with Crippen molar-refractivity contribution in [3.8, 4) is 0 Å². The van der Waals surface area contributed by atoms with E-state index in [4.69, 9.17) is 9.47 Å². The third-order valence-corrected chi connectivity index (χ3v) is 5.73. The fraction of sp³-hybridized carbons (Fsp3) is 0.417. The van der Waals surface area contributed by atoms with Gasteiger partial charge in [0.25, 0.3) is 5.91 Å². The van der Waals surface area contributed by atoms with Crippen LogP contribution in [-0.2, 0) is 14.3 Å². The molecule has 2 aromatic carbocycles. The van der Waals surface area contributed by atoms with Crippen molar-refractivity contribution in [2.24, 2.45) is 0 Å². The van der Waals surface area contributed by atoms with Crippen LogP contribution in [0.2, 0.25) is 0 Å². The van der Waals surface area contributed by atoms with Gasteiger partial charge in [-0.25, -0.2) is 0 Å². The van der Waals surface area contributed by atoms with Crippen LogP contribution in [0.5, 0.6) is 0 Å². The third kappa shape index (κ3) is 5.50. The van der Waals surface area contributed by atoms with Crippen molar-refractivity contribution in [3.05, 3.63) is 66.2 Å². The molecule has 0 aromatic heterocycles. The average Bonchev–Trinajstić information content (AvgIpc) is 2.77. The lowest BCUT2D eigenvalue weighted by molar-refractivity contribution is -0.149. The minimum Gasteiger partial charge on any atom is -0.389 e. The lowest BCUT2D eigenvalue weighted by Gasteiger charge is -2.44. The number of nitrogens with one attached hydrogen (secondary N) is 1. The Morgan fingerprint density at radius 1 is 1.00 bits per heavy atom. The molecule has 0 saturated carbocycles. The number of anilines is 1. The van der Waals surface area contributed by atoms with Crippen LogP contribution in [-0.4, -0.2) is 65.9 Å². The van der Waals surface area contributed by atoms with Crippen molar-refractivity contribution in [1.82, 2.24) is 4.90 Å². The van der Waals surface area contributed by atoms with Gasteiger partial charge >= 0.3 is 0 Å². The molecule has 0 bridgehead atoms. The van der Waals surface area contributed by atoms with E-state index in [1.807, 2.05) is 48.5 Å². The number of benzene rings is 2. The van der Waals surface area contributed by atoms with E-state index in [1.54, 1.807) is 17.0 Å². The summed E-state index contributed by atoms with van der Waals surface area (Å²) in [6.45, 7) is 0.610. The summed E-state index contributed by atoms with van der Waals surface area (Å²) in [5.41, 5.74) is 1.34. The summed E-state index contributed by atoms with van der Waals surface area (Å²) in [6.07, 6.45) is 0.242. The first kappa shape index (κ1) is 21.5. The summed E-state index contributed by atoms with van der Waals surface area (Å²) >= 11 is 0. The molecule has 0 radical (unpaired) electrons. The molecule has 7 nitrogen and oxygen atoms in total. The Kier molecular flexibility index (Phi) is 6.96. The first-order valence-electron chi connectivity index (χ1n) is 10.7. The molecule has 4 atom stereocenters. The van der Waals surface area contributed by atoms with Crippen LogP contribution in [0.25, 0.3) is 0 Å². The molecule has 2 fully saturated rings. The van der Waals surface area contributed by atoms with Gasteiger partial charge in [0.2, 0.25) is 5.91 Å². The van der Waals surface area contributed by atoms with E-state index in [2.05, 4.69) is 5.32 Å². The van der Waals surface area contributed by atoms with Gasteiger partial charge < -0.3 is 24.8 Å². The van der Waals surface area contributed by atoms with Gasteiger partial charge in [-0.05, 0) is 37.1 Å². The highest BCUT2D eigenvalue weighted by molar-refractivity contribution is 5.94. The summed E-state index contributed by atoms with van der Waals surface area (Å²) in [6, 6.07) is 18.2. The standard InChI is InChI=1S/C24H28N2O5/c27-19-14-26(24(29)17-7-3-1-4-8-17)21-12-11-20(31-22(21)16-30-15-19)13-23(28)25-18-9-5-2-6-10-18/h1-10,19-22,27H,11-16H2,(H,25,28)/t19-,20-,21-,22+/m0/s1. The van der Waals surface area contributed by atoms with Gasteiger partial charge in [-0.1, -0.05) is 36.4 Å². The smallest absolute Gasteiger partial charge is 0.254 e. The molecule has 2 heterocycles. The molecule has 7 heteroatoms. The van der Waals surface area contributed by atoms with Gasteiger partial charge in [0.15, 0.2) is 0 Å². The summed E-state index contributed by atoms with van der Waals surface area (Å²) < 4.78 is 11.8. The van der Waals surface area contributed by atoms with E-state index in [0.717, 1.165) is 5.69 Å². The number of hydrogen-bond donors (Lipinski definition) is 2. The number of aliphatic hydroxyl groups is 1. The zero-order valence-corrected chi connectivity index (χ0v) is 17.4. The maximum atomic E-state index is 13.2. The molecule has 164 valence electrons. The minimum absolute atomic E-state index is 0.103. The first-order chi connectivity index (χ1) is 15.1. The predicted molar refractivity (Wildman–Crippen MR) is 116 cm³/mol. The Bertz CT molecular complexity index is 876. The average molecular weight is 424 g/mol. The lowest BCUT2D eigenvalue weighted by Crippen LogP contribution is -2.57. The number of β-amino-alcohol motifs (C(OH)–C–C–N with tert-alkyl or cyclic N) is 1. The van der Waals surface area contributed by atoms with Crippen molar-refractivity contribution >= 4 is 17.5 Å². The second-order valence-corrected chi connectivity index (χ2v) is 8.07. The summed E-state index contributed by atoms with van der Waals surface area (Å²) in [4.78, 5) is 27.3. The molecule has 4 rings (SSSR count). The molecular formula is C24H28N2O5. The Hall–Kier alpha value is -2.74. The molecular weight excluding hydrogens is 396 g/mol. The van der Waals surface area contributed by atoms with Gasteiger partial charge in [-0.15, -0.1) is 0 Å². The highest BCUT2D eigenvalue weighted by Gasteiger charge is 2.40. The predicted octanol–water partition coefficient (Wildman–Crippen LogP) is 2.46. The van der Waals surface area contributed by atoms with Crippen LogP contribution < -0.4 is 5.32 Å². The Morgan fingerprint density at radius 3 is 2.45 bits per heavy atom. The number of para-hydroxylation sites is 1. The van der Waals surface area contributed by atoms with Crippen molar-refractivity contribution < 1.29 is 24.2 Å². The van der Waals surface area contributed by atoms with Crippen LogP contribution in [0.1, 0.15) is 29.6 Å². The molecule has 0 aliphatic carbocycles. The van der Waals surface area contributed by atoms with Gasteiger partial charge in [-0.2, -0.15) is 0 Å². The van der Waals surface area contributed by atoms with Crippen molar-refractivity contribution in [2.45, 2.75) is 43.6 Å². The largest absolute Gasteiger partial charge is 0.389 e. The second-order valence-electron chi connectivity index (χ2n) is 8.07. The molecule has 2 aliphatic rings. The lowest BCUT2D eigenvalue weighted by atomic mass is 9.94. The number of carbonyl (C=O) groups excluding carboxylic acids is 2. The molecule has 2 saturated heterocycles. The zero-order chi connectivity index (χ0) is 21.6. The third-order valence-electron chi connectivity index (χ3n) is 5.73. The molecule has 2 amide bonds. The number of carbonyl (C=O) groups is 2. The van der Waals surface area contributed by atoms with E-state index in [9.17, 15) is 14.7 Å². The van der Waals surface area contributed by atoms with Crippen LogP contribution in [0.4, 0.5) is 5.69 Å². The maximum absolute atomic E-state index is 13.2. The summed E-state index contributed by atoms with van der Waals surface area (Å²) in [7, 11) is 0. The SMILES string of the molecule is O=C(C[C@@H]1CC[C@H]2[C@@H](COC[C@@H](O)CN2C(=O)c2ccccc2)O1)Nc1ccccc1. The van der Waals surface area contributed by atoms with E-state index in [1.165, 1.54) is 0 Å². The van der Waals surface area contributed by atoms with Gasteiger partial charge in [-0.3, -0.25) is 9.59 Å². The molecule has 2 aromatic rings. The Morgan fingerprint density at radius 2 is 1.71 bits per heavy atom. The normalized spacial score (nSPS) is 26.3. The number of nitrogens with zero attached hydrogens (tertiary/aromatic N) is 1. The summed E-state index contributed by atoms with van der Waals surface area (Å²) in [5, 5.41) is 13.2. The Balaban J connectivity index is 1.43. The van der Waals surface area contributed by atoms with Crippen LogP contribution >= 0.6 is 0 Å². The number of hydrogen-bond acceptors (Lipinski definition) is 5. The second kappa shape index (κ2) is 10.0. The Labute approximate surface area is 182 Å². The first-order valence-corrected chi connectivity index (χ1v) is 10.7. The highest BCUT2D eigenvalue weighted by atomic mass is 16.5. The molecule has 0 spiro atoms. The molecule has 2 aliphatic heterocycles. The van der Waals surface area contributed by atoms with E-state index in [0.29, 0.717) is 18.4 Å². The minimum atomic E-state index is -0.747. The van der Waals surface area contributed by atoms with Crippen molar-refractivity contribution in [2.75, 3.05) is 25.1 Å². The highest BCUT2D eigenvalue weighted by Crippen LogP contribution is 2.29. The van der Waals surface area contributed by atoms with E-state index in [-0.39, 0.29) is 56.2 Å². The van der Waals surface area contributed by atoms with Crippen LogP contribution in [0.15, 0.2) is 60.7 Å². The molecule has 2 N–H and O–H groups in total. The monoisotopic (exact) mass is 424 g/mol. The number of aliphatic hydroxyl groups excluding tert-OH is 1. The zero-order valence-electron chi connectivity index (χ0n) is 17.4. The van der Waals surface area contributed by atoms with Gasteiger partial charge in [0.05, 0.1) is 37.9 Å². The summed E-state index contributed by atoms with van der Waals surface area (Å²) in [5.74, 6) is -0.227. The van der Waals surface area contributed by atoms with Crippen LogP contribution in [0, 0.1) is 0 Å². The fourth-order valence-corrected chi connectivity index (χ4v) is 4.26. The molecule has 0 unspecified atom stereocenters. The number of amides is 2. The quantitative estimate of drug-likeness (QED) is 0.787. The number of fused-ring (bicyclic) bond motifs is 1. The maximum Gasteiger partial charge on any atom is 0.254 e. The van der Waals surface area contributed by atoms with Crippen molar-refractivity contribution in [3.63, 3.8) is 0 Å². The fourth-order valence-electron chi connectivity index (χ4n) is 4.26. The van der Waals surface area contributed by atoms with Gasteiger partial charge in [0.1, 0.15) is 6.10 Å². The van der Waals surface area contributed by atoms with Crippen LogP contribution in [0.3, 0.4) is 0 Å². The number of rotatable bonds is 4. The van der Waals surface area contributed by atoms with E-state index < -0.39 is 6.10 Å². The van der Waals surface area contributed by atoms with E-state index >= 15 is 0 Å². The van der Waals surface area contributed by atoms with Gasteiger partial charge in [0, 0.05) is 17.8 Å². The van der Waals surface area contributed by atoms with Crippen molar-refractivity contribution in [1.29, 1.82) is 0 Å². The molecule has 31 heavy (non-hydrogen) atoms. The number of ether oxygens (including phenoxy) is 2.